The van der Waals surface area contributed by atoms with Crippen LogP contribution in [0.1, 0.15) is 0 Å². The first-order valence-electron chi connectivity index (χ1n) is 2.89. The second-order valence-electron chi connectivity index (χ2n) is 1.83. The molecule has 0 aromatic heterocycles. The molecule has 0 fully saturated rings. The zero-order valence-electron chi connectivity index (χ0n) is 6.87. The standard InChI is InChI=1S/C7H6O3S.Na/c1-10-6-3-2-4-7(5-6)11(8)9;/h2,4-5H,1H3;/q-1;+1. The molecule has 0 aliphatic heterocycles. The molecule has 1 rings (SSSR count). The number of rotatable bonds is 2. The zero-order valence-corrected chi connectivity index (χ0v) is 9.68. The molecular formula is C7H6NaO3S. The van der Waals surface area contributed by atoms with Crippen LogP contribution in [0.4, 0.5) is 0 Å². The zero-order chi connectivity index (χ0) is 8.27. The first-order chi connectivity index (χ1) is 5.24. The molecule has 0 saturated carbocycles. The van der Waals surface area contributed by atoms with E-state index in [1.165, 1.54) is 25.3 Å². The molecule has 1 radical (unpaired) electrons. The third-order valence-electron chi connectivity index (χ3n) is 1.16. The third kappa shape index (κ3) is 3.15. The van der Waals surface area contributed by atoms with Gasteiger partial charge in [0.2, 0.25) is 0 Å². The Labute approximate surface area is 95.0 Å². The average Bonchev–Trinajstić information content (AvgIpc) is 2.05. The molecule has 0 heterocycles. The summed E-state index contributed by atoms with van der Waals surface area (Å²) < 4.78 is 25.6. The normalized spacial score (nSPS) is 9.17. The van der Waals surface area contributed by atoms with Crippen LogP contribution in [0.25, 0.3) is 0 Å². The van der Waals surface area contributed by atoms with Gasteiger partial charge in [0.1, 0.15) is 5.75 Å². The van der Waals surface area contributed by atoms with Crippen molar-refractivity contribution in [3.63, 3.8) is 0 Å². The molecule has 12 heavy (non-hydrogen) atoms. The predicted molar refractivity (Wildman–Crippen MR) is 38.8 cm³/mol. The van der Waals surface area contributed by atoms with Crippen LogP contribution in [0.2, 0.25) is 0 Å². The number of benzene rings is 1. The summed E-state index contributed by atoms with van der Waals surface area (Å²) >= 11 is 0. The minimum atomic E-state index is -2.19. The summed E-state index contributed by atoms with van der Waals surface area (Å²) in [5.74, 6) is 0.423. The number of methoxy groups -OCH3 is 1. The van der Waals surface area contributed by atoms with Gasteiger partial charge in [0.15, 0.2) is 0 Å². The Balaban J connectivity index is 0.00000121. The fourth-order valence-electron chi connectivity index (χ4n) is 0.646. The van der Waals surface area contributed by atoms with Gasteiger partial charge in [-0.3, -0.25) is 0 Å². The van der Waals surface area contributed by atoms with Crippen LogP contribution >= 0.6 is 0 Å². The summed E-state index contributed by atoms with van der Waals surface area (Å²) in [5, 5.41) is 0. The van der Waals surface area contributed by atoms with Crippen molar-refractivity contribution in [3.8, 4) is 5.75 Å². The molecule has 0 unspecified atom stereocenters. The number of ether oxygens (including phenoxy) is 1. The Hall–Kier alpha value is -0.0300. The van der Waals surface area contributed by atoms with E-state index in [2.05, 4.69) is 6.07 Å². The molecule has 0 aliphatic carbocycles. The van der Waals surface area contributed by atoms with Crippen molar-refractivity contribution in [1.82, 2.24) is 0 Å². The SMILES string of the molecule is COc1[c]ccc([S-](=O)=O)c1.[Na+]. The van der Waals surface area contributed by atoms with Crippen molar-refractivity contribution in [2.45, 2.75) is 4.90 Å². The summed E-state index contributed by atoms with van der Waals surface area (Å²) in [6, 6.07) is 7.08. The maximum atomic E-state index is 10.4. The molecule has 0 N–H and O–H groups in total. The fraction of sp³-hybridized carbons (Fsp3) is 0.143. The maximum absolute atomic E-state index is 10.4. The second kappa shape index (κ2) is 5.59. The van der Waals surface area contributed by atoms with E-state index in [1.807, 2.05) is 0 Å². The largest absolute Gasteiger partial charge is 1.00 e. The van der Waals surface area contributed by atoms with Gasteiger partial charge in [0.25, 0.3) is 0 Å². The molecule has 0 aliphatic rings. The Morgan fingerprint density at radius 2 is 2.17 bits per heavy atom. The molecule has 0 spiro atoms. The van der Waals surface area contributed by atoms with Crippen LogP contribution in [-0.4, -0.2) is 7.11 Å². The van der Waals surface area contributed by atoms with Gasteiger partial charge in [0.05, 0.1) is 7.11 Å². The first-order valence-corrected chi connectivity index (χ1v) is 3.96. The van der Waals surface area contributed by atoms with Gasteiger partial charge < -0.3 is 13.2 Å². The van der Waals surface area contributed by atoms with Crippen molar-refractivity contribution in [2.75, 3.05) is 7.11 Å². The average molecular weight is 193 g/mol. The van der Waals surface area contributed by atoms with Crippen molar-refractivity contribution < 1.29 is 42.7 Å². The van der Waals surface area contributed by atoms with E-state index < -0.39 is 10.7 Å². The van der Waals surface area contributed by atoms with Crippen molar-refractivity contribution in [3.05, 3.63) is 24.3 Å². The number of hydrogen-bond donors (Lipinski definition) is 0. The van der Waals surface area contributed by atoms with Gasteiger partial charge in [-0.2, -0.15) is 0 Å². The van der Waals surface area contributed by atoms with E-state index in [4.69, 9.17) is 4.74 Å². The number of hydrogen-bond acceptors (Lipinski definition) is 4. The summed E-state index contributed by atoms with van der Waals surface area (Å²) in [6.07, 6.45) is 0. The van der Waals surface area contributed by atoms with E-state index in [0.717, 1.165) is 0 Å². The minimum Gasteiger partial charge on any atom is -0.496 e. The van der Waals surface area contributed by atoms with E-state index in [9.17, 15) is 8.42 Å². The van der Waals surface area contributed by atoms with Crippen LogP contribution in [0, 0.1) is 6.07 Å². The molecule has 0 atom stereocenters. The third-order valence-corrected chi connectivity index (χ3v) is 1.80. The first kappa shape index (κ1) is 12.0. The Kier molecular flexibility index (Phi) is 5.57. The minimum absolute atomic E-state index is 0. The van der Waals surface area contributed by atoms with Crippen molar-refractivity contribution in [1.29, 1.82) is 0 Å². The van der Waals surface area contributed by atoms with Crippen LogP contribution in [0.3, 0.4) is 0 Å². The molecule has 0 amide bonds. The molecule has 5 heteroatoms. The van der Waals surface area contributed by atoms with Crippen LogP contribution in [0.5, 0.6) is 5.75 Å². The van der Waals surface area contributed by atoms with Gasteiger partial charge in [-0.15, -0.1) is 0 Å². The van der Waals surface area contributed by atoms with Crippen molar-refractivity contribution >= 4 is 10.7 Å². The Morgan fingerprint density at radius 1 is 1.50 bits per heavy atom. The molecule has 0 bridgehead atoms. The quantitative estimate of drug-likeness (QED) is 0.410. The molecule has 0 saturated heterocycles. The van der Waals surface area contributed by atoms with Gasteiger partial charge in [-0.25, -0.2) is 0 Å². The summed E-state index contributed by atoms with van der Waals surface area (Å²) in [6.45, 7) is 0. The van der Waals surface area contributed by atoms with Gasteiger partial charge in [-0.1, -0.05) is 17.0 Å². The predicted octanol–water partition coefficient (Wildman–Crippen LogP) is -1.83. The van der Waals surface area contributed by atoms with Crippen LogP contribution < -0.4 is 34.3 Å². The Morgan fingerprint density at radius 3 is 2.67 bits per heavy atom. The van der Waals surface area contributed by atoms with Gasteiger partial charge in [0, 0.05) is 6.07 Å². The van der Waals surface area contributed by atoms with Crippen molar-refractivity contribution in [2.24, 2.45) is 0 Å². The maximum Gasteiger partial charge on any atom is 1.00 e. The molecule has 3 nitrogen and oxygen atoms in total. The fourth-order valence-corrected chi connectivity index (χ4v) is 1.03. The topological polar surface area (TPSA) is 43.4 Å². The summed E-state index contributed by atoms with van der Waals surface area (Å²) in [4.78, 5) is 0.209. The van der Waals surface area contributed by atoms with Crippen LogP contribution in [-0.2, 0) is 19.1 Å². The molecular weight excluding hydrogens is 187 g/mol. The van der Waals surface area contributed by atoms with Crippen LogP contribution in [0.15, 0.2) is 23.1 Å². The van der Waals surface area contributed by atoms with E-state index in [0.29, 0.717) is 5.75 Å². The second-order valence-corrected chi connectivity index (χ2v) is 2.77. The van der Waals surface area contributed by atoms with E-state index in [-0.39, 0.29) is 34.5 Å². The van der Waals surface area contributed by atoms with E-state index in [1.54, 1.807) is 0 Å². The van der Waals surface area contributed by atoms with Gasteiger partial charge >= 0.3 is 29.6 Å². The smallest absolute Gasteiger partial charge is 0.496 e. The van der Waals surface area contributed by atoms with Gasteiger partial charge in [-0.05, 0) is 16.8 Å². The van der Waals surface area contributed by atoms with E-state index >= 15 is 0 Å². The molecule has 1 aromatic rings. The summed E-state index contributed by atoms with van der Waals surface area (Å²) in [7, 11) is -0.729. The Bertz CT molecular complexity index is 314. The monoisotopic (exact) mass is 193 g/mol. The molecule has 1 aromatic carbocycles. The summed E-state index contributed by atoms with van der Waals surface area (Å²) in [5.41, 5.74) is 0. The molecule has 59 valence electrons.